The Bertz CT molecular complexity index is 2310. The van der Waals surface area contributed by atoms with E-state index >= 15 is 0 Å². The van der Waals surface area contributed by atoms with Gasteiger partial charge in [-0.25, -0.2) is 14.4 Å². The first-order chi connectivity index (χ1) is 33.5. The number of amides is 4. The number of likely N-dealkylation sites (N-methyl/N-ethyl adjacent to an activating group) is 1. The van der Waals surface area contributed by atoms with Gasteiger partial charge < -0.3 is 55.4 Å². The zero-order valence-electron chi connectivity index (χ0n) is 40.8. The molecule has 1 aliphatic heterocycles. The number of piperazine rings is 1. The van der Waals surface area contributed by atoms with Gasteiger partial charge in [0.1, 0.15) is 31.5 Å². The first kappa shape index (κ1) is 57.0. The summed E-state index contributed by atoms with van der Waals surface area (Å²) in [6, 6.07) is 6.92. The zero-order chi connectivity index (χ0) is 51.1. The van der Waals surface area contributed by atoms with Crippen LogP contribution in [0.3, 0.4) is 0 Å². The average molecular weight is 1060 g/mol. The summed E-state index contributed by atoms with van der Waals surface area (Å²) < 4.78 is 33.0. The molecular formula is C47H69BrN11O10P. The van der Waals surface area contributed by atoms with Gasteiger partial charge in [-0.1, -0.05) is 32.3 Å². The Morgan fingerprint density at radius 3 is 2.27 bits per heavy atom. The average Bonchev–Trinajstić information content (AvgIpc) is 3.33. The van der Waals surface area contributed by atoms with Crippen LogP contribution in [0.15, 0.2) is 28.7 Å². The number of halogens is 1. The summed E-state index contributed by atoms with van der Waals surface area (Å²) in [6.45, 7) is 9.24. The van der Waals surface area contributed by atoms with Crippen molar-refractivity contribution in [3.05, 3.63) is 34.4 Å². The van der Waals surface area contributed by atoms with Gasteiger partial charge in [-0.05, 0) is 72.7 Å². The molecule has 2 aromatic heterocycles. The van der Waals surface area contributed by atoms with Gasteiger partial charge >= 0.3 is 12.1 Å². The molecule has 70 heavy (non-hydrogen) atoms. The molecule has 0 aliphatic carbocycles. The number of ketones is 1. The second kappa shape index (κ2) is 29.5. The van der Waals surface area contributed by atoms with Gasteiger partial charge in [0.2, 0.25) is 29.6 Å². The number of pyridine rings is 1. The van der Waals surface area contributed by atoms with Crippen LogP contribution < -0.4 is 36.2 Å². The molecule has 384 valence electrons. The molecule has 0 bridgehead atoms. The number of primary amides is 1. The van der Waals surface area contributed by atoms with E-state index in [4.69, 9.17) is 26.4 Å². The Morgan fingerprint density at radius 1 is 0.871 bits per heavy atom. The van der Waals surface area contributed by atoms with Crippen molar-refractivity contribution < 1.29 is 47.9 Å². The number of rotatable bonds is 31. The number of fused-ring (bicyclic) bond motifs is 1. The molecule has 6 N–H and O–H groups in total. The van der Waals surface area contributed by atoms with E-state index in [0.717, 1.165) is 11.8 Å². The molecule has 1 aliphatic rings. The smallest absolute Gasteiger partial charge is 0.407 e. The highest BCUT2D eigenvalue weighted by atomic mass is 79.9. The molecule has 2 atom stereocenters. The molecule has 1 saturated heterocycles. The Morgan fingerprint density at radius 2 is 1.56 bits per heavy atom. The van der Waals surface area contributed by atoms with Crippen LogP contribution in [0, 0.1) is 12.3 Å². The molecule has 23 heteroatoms. The minimum absolute atomic E-state index is 0.0215. The lowest BCUT2D eigenvalue weighted by Gasteiger charge is -2.39. The Balaban J connectivity index is 1.14. The number of unbranched alkanes of at least 4 members (excludes halogenated alkanes) is 3. The number of carbonyl (C=O) groups is 5. The maximum Gasteiger partial charge on any atom is 0.407 e. The van der Waals surface area contributed by atoms with Crippen molar-refractivity contribution in [2.24, 2.45) is 5.73 Å². The van der Waals surface area contributed by atoms with Crippen molar-refractivity contribution in [3.8, 4) is 24.1 Å². The van der Waals surface area contributed by atoms with Gasteiger partial charge in [0.05, 0.1) is 42.0 Å². The van der Waals surface area contributed by atoms with E-state index in [-0.39, 0.29) is 93.3 Å². The minimum atomic E-state index is -2.48. The number of hydrogen-bond acceptors (Lipinski definition) is 16. The van der Waals surface area contributed by atoms with Crippen molar-refractivity contribution in [1.82, 2.24) is 40.6 Å². The van der Waals surface area contributed by atoms with Crippen molar-refractivity contribution in [3.63, 3.8) is 0 Å². The number of anilines is 2. The van der Waals surface area contributed by atoms with Crippen LogP contribution in [-0.2, 0) is 33.2 Å². The summed E-state index contributed by atoms with van der Waals surface area (Å²) in [4.78, 5) is 83.2. The summed E-state index contributed by atoms with van der Waals surface area (Å²) in [7, 11) is -0.844. The van der Waals surface area contributed by atoms with Crippen molar-refractivity contribution in [2.75, 3.05) is 95.7 Å². The van der Waals surface area contributed by atoms with Crippen LogP contribution in [0.25, 0.3) is 10.9 Å². The summed E-state index contributed by atoms with van der Waals surface area (Å²) >= 11 is 3.39. The Kier molecular flexibility index (Phi) is 24.0. The predicted molar refractivity (Wildman–Crippen MR) is 270 cm³/mol. The number of terminal acetylenes is 1. The molecule has 21 nitrogen and oxygen atoms in total. The van der Waals surface area contributed by atoms with E-state index < -0.39 is 25.4 Å². The monoisotopic (exact) mass is 1060 g/mol. The van der Waals surface area contributed by atoms with Gasteiger partial charge in [-0.3, -0.25) is 19.2 Å². The third-order valence-electron chi connectivity index (χ3n) is 11.6. The summed E-state index contributed by atoms with van der Waals surface area (Å²) in [5, 5.41) is 19.2. The van der Waals surface area contributed by atoms with Crippen LogP contribution >= 0.6 is 23.2 Å². The standard InChI is InChI=1S/C47H69BrN11O10P/c1-6-22-50-40(63)16-8-7-11-23-52-47(65)69-38(36-20-18-34-19-21-37(61)42(48)43(34)53-36)15-12-14-35(60)13-9-10-17-41(64)51-24-29-67-30-31-68-46-55-44(57(4)32-39(49)62)54-45(56-46)58-25-27-59(28-26-58)70(5,66)33(2)3/h1,18-21,33,38,61H,7-17,22-32H2,2-5H3,(H2,49,62)(H,50,63)(H,51,64)(H,52,65). The molecule has 1 aromatic carbocycles. The summed E-state index contributed by atoms with van der Waals surface area (Å²) in [6.07, 6.45) is 8.75. The maximum atomic E-state index is 13.2. The first-order valence-electron chi connectivity index (χ1n) is 23.7. The maximum absolute atomic E-state index is 13.2. The number of ether oxygens (including phenoxy) is 3. The van der Waals surface area contributed by atoms with Crippen LogP contribution in [0.1, 0.15) is 96.3 Å². The highest BCUT2D eigenvalue weighted by molar-refractivity contribution is 9.10. The largest absolute Gasteiger partial charge is 0.507 e. The molecule has 4 rings (SSSR count). The quantitative estimate of drug-likeness (QED) is 0.0328. The third kappa shape index (κ3) is 19.3. The number of aromatic hydroxyl groups is 1. The molecule has 0 radical (unpaired) electrons. The highest BCUT2D eigenvalue weighted by Gasteiger charge is 2.32. The number of aromatic nitrogens is 4. The molecular weight excluding hydrogens is 989 g/mol. The summed E-state index contributed by atoms with van der Waals surface area (Å²) in [5.41, 5.74) is 6.43. The van der Waals surface area contributed by atoms with Crippen LogP contribution in [0.2, 0.25) is 0 Å². The number of carbonyl (C=O) groups excluding carboxylic acids is 5. The number of hydrogen-bond donors (Lipinski definition) is 5. The zero-order valence-corrected chi connectivity index (χ0v) is 43.2. The lowest BCUT2D eigenvalue weighted by Crippen LogP contribution is -2.46. The van der Waals surface area contributed by atoms with Crippen LogP contribution in [0.4, 0.5) is 16.7 Å². The third-order valence-corrected chi connectivity index (χ3v) is 15.8. The number of nitrogens with two attached hydrogens (primary N) is 1. The fourth-order valence-corrected chi connectivity index (χ4v) is 9.37. The highest BCUT2D eigenvalue weighted by Crippen LogP contribution is 2.50. The van der Waals surface area contributed by atoms with Gasteiger partial charge in [-0.15, -0.1) is 6.42 Å². The van der Waals surface area contributed by atoms with E-state index in [0.29, 0.717) is 106 Å². The number of Topliss-reactive ketones (excluding diaryl/α,β-unsaturated/α-hetero) is 1. The summed E-state index contributed by atoms with van der Waals surface area (Å²) in [5.74, 6) is 2.17. The van der Waals surface area contributed by atoms with E-state index in [2.05, 4.69) is 57.7 Å². The van der Waals surface area contributed by atoms with E-state index in [9.17, 15) is 33.6 Å². The number of phenolic OH excluding ortho intramolecular Hbond substituents is 1. The van der Waals surface area contributed by atoms with E-state index in [1.54, 1.807) is 25.2 Å². The Hall–Kier alpha value is -5.62. The topological polar surface area (TPSA) is 274 Å². The second-order valence-electron chi connectivity index (χ2n) is 17.3. The molecule has 3 heterocycles. The first-order valence-corrected chi connectivity index (χ1v) is 26.7. The van der Waals surface area contributed by atoms with Gasteiger partial charge in [0.25, 0.3) is 0 Å². The van der Waals surface area contributed by atoms with Crippen LogP contribution in [-0.4, -0.2) is 151 Å². The number of nitrogens with zero attached hydrogens (tertiary/aromatic N) is 7. The van der Waals surface area contributed by atoms with Crippen molar-refractivity contribution in [2.45, 2.75) is 96.2 Å². The Labute approximate surface area is 418 Å². The molecule has 4 amide bonds. The molecule has 1 fully saturated rings. The predicted octanol–water partition coefficient (Wildman–Crippen LogP) is 4.84. The normalized spacial score (nSPS) is 14.0. The van der Waals surface area contributed by atoms with Gasteiger partial charge in [-0.2, -0.15) is 15.0 Å². The number of benzene rings is 1. The van der Waals surface area contributed by atoms with E-state index in [1.165, 1.54) is 4.90 Å². The lowest BCUT2D eigenvalue weighted by molar-refractivity contribution is -0.122. The van der Waals surface area contributed by atoms with Crippen LogP contribution in [0.5, 0.6) is 11.8 Å². The van der Waals surface area contributed by atoms with E-state index in [1.807, 2.05) is 36.1 Å². The fraction of sp³-hybridized carbons (Fsp3) is 0.596. The van der Waals surface area contributed by atoms with Gasteiger partial charge in [0, 0.05) is 89.7 Å². The number of phenols is 1. The SMILES string of the molecule is C#CCNC(=O)CCCCCNC(=O)OC(CCCC(=O)CCCCC(=O)NCCOCCOc1nc(N(C)CC(N)=O)nc(N2CCN(P(C)(=O)C(C)C)CC2)n1)c1ccc2ccc(O)c(Br)c2n1. The van der Waals surface area contributed by atoms with Crippen molar-refractivity contribution >= 4 is 75.6 Å². The lowest BCUT2D eigenvalue weighted by atomic mass is 10.0. The molecule has 0 spiro atoms. The molecule has 3 aromatic rings. The number of alkyl carbamates (subject to hydrolysis) is 1. The fourth-order valence-electron chi connectivity index (χ4n) is 7.29. The molecule has 2 unspecified atom stereocenters. The van der Waals surface area contributed by atoms with Crippen molar-refractivity contribution in [1.29, 1.82) is 0 Å². The van der Waals surface area contributed by atoms with Gasteiger partial charge in [0.15, 0.2) is 0 Å². The molecule has 0 saturated carbocycles. The number of nitrogens with one attached hydrogen (secondary N) is 3. The second-order valence-corrected chi connectivity index (χ2v) is 21.6. The minimum Gasteiger partial charge on any atom is -0.507 e.